The highest BCUT2D eigenvalue weighted by molar-refractivity contribution is 7.09. The minimum atomic E-state index is -1.12. The second kappa shape index (κ2) is 6.67. The number of hydrogen-bond acceptors (Lipinski definition) is 5. The molecule has 2 N–H and O–H groups in total. The molecular formula is C15H16N2O4S. The lowest BCUT2D eigenvalue weighted by atomic mass is 9.95. The fourth-order valence-electron chi connectivity index (χ4n) is 1.91. The number of hydrogen-bond donors (Lipinski definition) is 2. The molecule has 1 aromatic carbocycles. The van der Waals surface area contributed by atoms with E-state index < -0.39 is 11.6 Å². The van der Waals surface area contributed by atoms with Crippen LogP contribution in [0.1, 0.15) is 28.0 Å². The number of carboxylic acid groups (broad SMARTS) is 1. The first kappa shape index (κ1) is 16.1. The Morgan fingerprint density at radius 2 is 2.05 bits per heavy atom. The Balaban J connectivity index is 2.08. The van der Waals surface area contributed by atoms with Crippen LogP contribution in [0.15, 0.2) is 35.7 Å². The normalized spacial score (nSPS) is 13.4. The van der Waals surface area contributed by atoms with Crippen LogP contribution in [0.4, 0.5) is 0 Å². The van der Waals surface area contributed by atoms with Crippen molar-refractivity contribution in [2.45, 2.75) is 19.1 Å². The molecule has 0 aliphatic carbocycles. The number of aromatic nitrogens is 1. The van der Waals surface area contributed by atoms with Crippen molar-refractivity contribution in [3.05, 3.63) is 52.0 Å². The van der Waals surface area contributed by atoms with Crippen molar-refractivity contribution < 1.29 is 19.4 Å². The Morgan fingerprint density at radius 3 is 2.59 bits per heavy atom. The lowest BCUT2D eigenvalue weighted by Gasteiger charge is -2.27. The maximum absolute atomic E-state index is 12.4. The highest BCUT2D eigenvalue weighted by Gasteiger charge is 2.34. The molecule has 0 spiro atoms. The molecule has 0 saturated carbocycles. The quantitative estimate of drug-likeness (QED) is 0.850. The van der Waals surface area contributed by atoms with E-state index in [1.54, 1.807) is 6.92 Å². The summed E-state index contributed by atoms with van der Waals surface area (Å²) in [6.07, 6.45) is 0. The lowest BCUT2D eigenvalue weighted by Crippen LogP contribution is -2.43. The number of benzene rings is 1. The van der Waals surface area contributed by atoms with Gasteiger partial charge in [0.2, 0.25) is 0 Å². The average molecular weight is 320 g/mol. The van der Waals surface area contributed by atoms with E-state index in [1.807, 2.05) is 30.3 Å². The summed E-state index contributed by atoms with van der Waals surface area (Å²) in [5.41, 5.74) is -0.402. The molecule has 0 radical (unpaired) electrons. The van der Waals surface area contributed by atoms with E-state index in [4.69, 9.17) is 9.84 Å². The summed E-state index contributed by atoms with van der Waals surface area (Å²) in [5, 5.41) is 13.5. The van der Waals surface area contributed by atoms with E-state index >= 15 is 0 Å². The number of aromatic carboxylic acids is 1. The Morgan fingerprint density at radius 1 is 1.36 bits per heavy atom. The number of nitrogens with zero attached hydrogens (tertiary/aromatic N) is 1. The van der Waals surface area contributed by atoms with Gasteiger partial charge in [-0.1, -0.05) is 30.3 Å². The third kappa shape index (κ3) is 3.32. The first-order valence-corrected chi connectivity index (χ1v) is 7.42. The summed E-state index contributed by atoms with van der Waals surface area (Å²) in [6, 6.07) is 9.16. The molecule has 2 aromatic rings. The second-order valence-corrected chi connectivity index (χ2v) is 5.66. The third-order valence-corrected chi connectivity index (χ3v) is 4.19. The predicted octanol–water partition coefficient (Wildman–Crippen LogP) is 2.02. The lowest BCUT2D eigenvalue weighted by molar-refractivity contribution is -0.142. The Bertz CT molecular complexity index is 671. The van der Waals surface area contributed by atoms with Crippen molar-refractivity contribution >= 4 is 23.2 Å². The van der Waals surface area contributed by atoms with Crippen molar-refractivity contribution in [3.63, 3.8) is 0 Å². The van der Waals surface area contributed by atoms with E-state index in [-0.39, 0.29) is 18.1 Å². The summed E-state index contributed by atoms with van der Waals surface area (Å²) in [5.74, 6) is -1.40. The molecule has 0 bridgehead atoms. The van der Waals surface area contributed by atoms with Crippen molar-refractivity contribution in [1.29, 1.82) is 0 Å². The molecule has 116 valence electrons. The van der Waals surface area contributed by atoms with Gasteiger partial charge in [0, 0.05) is 12.5 Å². The van der Waals surface area contributed by atoms with Crippen molar-refractivity contribution in [2.24, 2.45) is 0 Å². The van der Waals surface area contributed by atoms with Gasteiger partial charge in [0.25, 0.3) is 5.91 Å². The van der Waals surface area contributed by atoms with Crippen LogP contribution in [0.2, 0.25) is 0 Å². The Hall–Kier alpha value is -2.25. The topological polar surface area (TPSA) is 88.5 Å². The minimum Gasteiger partial charge on any atom is -0.476 e. The molecule has 0 fully saturated rings. The number of carboxylic acids is 1. The molecule has 0 aliphatic heterocycles. The molecule has 22 heavy (non-hydrogen) atoms. The number of carbonyl (C=O) groups is 2. The standard InChI is InChI=1S/C15H16N2O4S/c1-15(21-2,10-6-4-3-5-7-10)14(20)16-8-12-17-11(9-22-12)13(18)19/h3-7,9H,8H2,1-2H3,(H,16,20)(H,18,19)/t15-/m1/s1. The zero-order valence-corrected chi connectivity index (χ0v) is 13.0. The number of rotatable bonds is 6. The van der Waals surface area contributed by atoms with Crippen LogP contribution in [0.25, 0.3) is 0 Å². The monoisotopic (exact) mass is 320 g/mol. The van der Waals surface area contributed by atoms with Crippen LogP contribution >= 0.6 is 11.3 Å². The molecule has 2 rings (SSSR count). The van der Waals surface area contributed by atoms with Gasteiger partial charge in [0.1, 0.15) is 5.01 Å². The zero-order chi connectivity index (χ0) is 16.2. The molecule has 1 heterocycles. The van der Waals surface area contributed by atoms with Crippen LogP contribution in [0, 0.1) is 0 Å². The first-order chi connectivity index (χ1) is 10.5. The van der Waals surface area contributed by atoms with Gasteiger partial charge in [0.15, 0.2) is 11.3 Å². The van der Waals surface area contributed by atoms with Gasteiger partial charge >= 0.3 is 5.97 Å². The largest absolute Gasteiger partial charge is 0.476 e. The number of methoxy groups -OCH3 is 1. The zero-order valence-electron chi connectivity index (χ0n) is 12.2. The SMILES string of the molecule is CO[C@@](C)(C(=O)NCc1nc(C(=O)O)cs1)c1ccccc1. The molecule has 0 aliphatic rings. The summed E-state index contributed by atoms with van der Waals surface area (Å²) in [7, 11) is 1.47. The van der Waals surface area contributed by atoms with Crippen LogP contribution in [-0.4, -0.2) is 29.1 Å². The number of nitrogens with one attached hydrogen (secondary N) is 1. The molecule has 6 nitrogen and oxygen atoms in total. The summed E-state index contributed by atoms with van der Waals surface area (Å²) < 4.78 is 5.39. The fraction of sp³-hybridized carbons (Fsp3) is 0.267. The highest BCUT2D eigenvalue weighted by atomic mass is 32.1. The highest BCUT2D eigenvalue weighted by Crippen LogP contribution is 2.24. The Kier molecular flexibility index (Phi) is 4.89. The van der Waals surface area contributed by atoms with Crippen molar-refractivity contribution in [3.8, 4) is 0 Å². The average Bonchev–Trinajstić information content (AvgIpc) is 3.02. The first-order valence-electron chi connectivity index (χ1n) is 6.54. The fourth-order valence-corrected chi connectivity index (χ4v) is 2.62. The number of thiazole rings is 1. The summed E-state index contributed by atoms with van der Waals surface area (Å²) in [4.78, 5) is 27.1. The molecule has 1 aromatic heterocycles. The van der Waals surface area contributed by atoms with E-state index in [0.717, 1.165) is 5.56 Å². The van der Waals surface area contributed by atoms with E-state index in [9.17, 15) is 9.59 Å². The minimum absolute atomic E-state index is 0.0215. The van der Waals surface area contributed by atoms with Gasteiger partial charge < -0.3 is 15.2 Å². The smallest absolute Gasteiger partial charge is 0.355 e. The van der Waals surface area contributed by atoms with Gasteiger partial charge in [0.05, 0.1) is 6.54 Å². The maximum atomic E-state index is 12.4. The van der Waals surface area contributed by atoms with Gasteiger partial charge in [-0.05, 0) is 12.5 Å². The van der Waals surface area contributed by atoms with Crippen LogP contribution in [-0.2, 0) is 21.7 Å². The van der Waals surface area contributed by atoms with Crippen molar-refractivity contribution in [1.82, 2.24) is 10.3 Å². The van der Waals surface area contributed by atoms with Gasteiger partial charge in [-0.15, -0.1) is 11.3 Å². The van der Waals surface area contributed by atoms with Gasteiger partial charge in [-0.3, -0.25) is 4.79 Å². The third-order valence-electron chi connectivity index (χ3n) is 3.34. The van der Waals surface area contributed by atoms with Crippen LogP contribution in [0.5, 0.6) is 0 Å². The second-order valence-electron chi connectivity index (χ2n) is 4.72. The molecule has 1 amide bonds. The van der Waals surface area contributed by atoms with Gasteiger partial charge in [-0.2, -0.15) is 0 Å². The van der Waals surface area contributed by atoms with E-state index in [1.165, 1.54) is 23.8 Å². The number of carbonyl (C=O) groups excluding carboxylic acids is 1. The van der Waals surface area contributed by atoms with E-state index in [2.05, 4.69) is 10.3 Å². The van der Waals surface area contributed by atoms with E-state index in [0.29, 0.717) is 5.01 Å². The summed E-state index contributed by atoms with van der Waals surface area (Å²) in [6.45, 7) is 1.84. The summed E-state index contributed by atoms with van der Waals surface area (Å²) >= 11 is 1.19. The molecular weight excluding hydrogens is 304 g/mol. The molecule has 7 heteroatoms. The number of ether oxygens (including phenoxy) is 1. The molecule has 0 unspecified atom stereocenters. The maximum Gasteiger partial charge on any atom is 0.355 e. The van der Waals surface area contributed by atoms with Crippen LogP contribution in [0.3, 0.4) is 0 Å². The van der Waals surface area contributed by atoms with Crippen molar-refractivity contribution in [2.75, 3.05) is 7.11 Å². The number of amides is 1. The Labute approximate surface area is 131 Å². The van der Waals surface area contributed by atoms with Gasteiger partial charge in [-0.25, -0.2) is 9.78 Å². The van der Waals surface area contributed by atoms with Crippen LogP contribution < -0.4 is 5.32 Å². The molecule has 1 atom stereocenters. The molecule has 0 saturated heterocycles. The predicted molar refractivity (Wildman–Crippen MR) is 81.7 cm³/mol.